The molecule has 2 aromatic rings. The van der Waals surface area contributed by atoms with Crippen molar-refractivity contribution < 1.29 is 9.53 Å². The second-order valence-electron chi connectivity index (χ2n) is 3.92. The van der Waals surface area contributed by atoms with Gasteiger partial charge in [-0.15, -0.1) is 0 Å². The number of carbonyl (C=O) groups is 1. The fourth-order valence-electron chi connectivity index (χ4n) is 1.91. The molecular formula is C13H15NO2. The molecule has 0 fully saturated rings. The third-order valence-corrected chi connectivity index (χ3v) is 2.68. The Labute approximate surface area is 94.6 Å². The van der Waals surface area contributed by atoms with Crippen LogP contribution in [0.3, 0.4) is 0 Å². The van der Waals surface area contributed by atoms with Gasteiger partial charge in [-0.25, -0.2) is 0 Å². The summed E-state index contributed by atoms with van der Waals surface area (Å²) < 4.78 is 6.79. The molecule has 0 saturated carbocycles. The summed E-state index contributed by atoms with van der Waals surface area (Å²) >= 11 is 0. The normalized spacial score (nSPS) is 10.9. The lowest BCUT2D eigenvalue weighted by Gasteiger charge is -2.04. The van der Waals surface area contributed by atoms with E-state index < -0.39 is 0 Å². The maximum absolute atomic E-state index is 11.5. The van der Waals surface area contributed by atoms with Crippen LogP contribution < -0.4 is 0 Å². The first-order valence-electron chi connectivity index (χ1n) is 5.27. The lowest BCUT2D eigenvalue weighted by atomic mass is 10.1. The molecule has 0 saturated heterocycles. The summed E-state index contributed by atoms with van der Waals surface area (Å²) in [6.07, 6.45) is 1.95. The van der Waals surface area contributed by atoms with Gasteiger partial charge in [0.25, 0.3) is 0 Å². The maximum atomic E-state index is 11.5. The highest BCUT2D eigenvalue weighted by molar-refractivity contribution is 5.86. The number of fused-ring (bicyclic) bond motifs is 1. The molecule has 0 amide bonds. The molecular weight excluding hydrogens is 202 g/mol. The number of benzene rings is 1. The monoisotopic (exact) mass is 217 g/mol. The van der Waals surface area contributed by atoms with Crippen molar-refractivity contribution in [3.8, 4) is 0 Å². The molecule has 0 aliphatic rings. The molecule has 0 bridgehead atoms. The van der Waals surface area contributed by atoms with Crippen LogP contribution in [-0.4, -0.2) is 24.1 Å². The van der Waals surface area contributed by atoms with Crippen LogP contribution in [0.25, 0.3) is 10.9 Å². The van der Waals surface area contributed by atoms with Crippen LogP contribution in [0.5, 0.6) is 0 Å². The van der Waals surface area contributed by atoms with E-state index >= 15 is 0 Å². The van der Waals surface area contributed by atoms with Crippen molar-refractivity contribution in [3.05, 3.63) is 36.0 Å². The zero-order valence-corrected chi connectivity index (χ0v) is 9.56. The van der Waals surface area contributed by atoms with E-state index in [4.69, 9.17) is 4.74 Å². The van der Waals surface area contributed by atoms with Gasteiger partial charge in [0.1, 0.15) is 6.61 Å². The van der Waals surface area contributed by atoms with Crippen LogP contribution in [0.2, 0.25) is 0 Å². The zero-order valence-electron chi connectivity index (χ0n) is 9.56. The molecule has 2 rings (SSSR count). The third-order valence-electron chi connectivity index (χ3n) is 2.68. The van der Waals surface area contributed by atoms with Gasteiger partial charge in [-0.2, -0.15) is 0 Å². The number of carbonyl (C=O) groups excluding carboxylic acids is 1. The maximum Gasteiger partial charge on any atom is 0.178 e. The van der Waals surface area contributed by atoms with E-state index in [1.54, 1.807) is 0 Å². The van der Waals surface area contributed by atoms with Crippen molar-refractivity contribution in [1.82, 2.24) is 4.57 Å². The molecule has 1 aromatic heterocycles. The van der Waals surface area contributed by atoms with Gasteiger partial charge >= 0.3 is 0 Å². The van der Waals surface area contributed by atoms with Crippen LogP contribution in [0, 0.1) is 6.92 Å². The van der Waals surface area contributed by atoms with E-state index in [1.165, 1.54) is 18.1 Å². The SMILES string of the molecule is COCC(=O)Cn1ccc2c(C)cccc21. The predicted octanol–water partition coefficient (Wildman–Crippen LogP) is 2.17. The highest BCUT2D eigenvalue weighted by Gasteiger charge is 2.06. The Kier molecular flexibility index (Phi) is 3.06. The molecule has 3 heteroatoms. The molecule has 16 heavy (non-hydrogen) atoms. The molecule has 1 heterocycles. The molecule has 0 N–H and O–H groups in total. The zero-order chi connectivity index (χ0) is 11.5. The number of ether oxygens (including phenoxy) is 1. The van der Waals surface area contributed by atoms with Crippen LogP contribution >= 0.6 is 0 Å². The predicted molar refractivity (Wildman–Crippen MR) is 63.6 cm³/mol. The Bertz CT molecular complexity index is 514. The van der Waals surface area contributed by atoms with Crippen molar-refractivity contribution in [2.75, 3.05) is 13.7 Å². The van der Waals surface area contributed by atoms with Gasteiger partial charge in [0.15, 0.2) is 5.78 Å². The minimum Gasteiger partial charge on any atom is -0.377 e. The highest BCUT2D eigenvalue weighted by Crippen LogP contribution is 2.19. The summed E-state index contributed by atoms with van der Waals surface area (Å²) in [5, 5.41) is 1.20. The van der Waals surface area contributed by atoms with Gasteiger partial charge in [0.05, 0.1) is 6.54 Å². The molecule has 84 valence electrons. The summed E-state index contributed by atoms with van der Waals surface area (Å²) in [5.74, 6) is 0.0847. The summed E-state index contributed by atoms with van der Waals surface area (Å²) in [6, 6.07) is 8.16. The number of aryl methyl sites for hydroxylation is 1. The number of hydrogen-bond acceptors (Lipinski definition) is 2. The Hall–Kier alpha value is -1.61. The Morgan fingerprint density at radius 3 is 2.94 bits per heavy atom. The standard InChI is InChI=1S/C13H15NO2/c1-10-4-3-5-13-12(10)6-7-14(13)8-11(15)9-16-2/h3-7H,8-9H2,1-2H3. The molecule has 0 radical (unpaired) electrons. The number of methoxy groups -OCH3 is 1. The molecule has 3 nitrogen and oxygen atoms in total. The van der Waals surface area contributed by atoms with Crippen molar-refractivity contribution in [2.45, 2.75) is 13.5 Å². The number of hydrogen-bond donors (Lipinski definition) is 0. The van der Waals surface area contributed by atoms with Gasteiger partial charge < -0.3 is 9.30 Å². The van der Waals surface area contributed by atoms with Crippen molar-refractivity contribution in [1.29, 1.82) is 0 Å². The highest BCUT2D eigenvalue weighted by atomic mass is 16.5. The van der Waals surface area contributed by atoms with Gasteiger partial charge in [0, 0.05) is 24.2 Å². The molecule has 1 aromatic carbocycles. The van der Waals surface area contributed by atoms with Gasteiger partial charge in [-0.3, -0.25) is 4.79 Å². The first-order valence-corrected chi connectivity index (χ1v) is 5.27. The third kappa shape index (κ3) is 1.99. The first-order chi connectivity index (χ1) is 7.72. The Morgan fingerprint density at radius 1 is 1.38 bits per heavy atom. The van der Waals surface area contributed by atoms with E-state index in [0.717, 1.165) is 5.52 Å². The average molecular weight is 217 g/mol. The largest absolute Gasteiger partial charge is 0.377 e. The van der Waals surface area contributed by atoms with E-state index in [-0.39, 0.29) is 12.4 Å². The topological polar surface area (TPSA) is 31.2 Å². The van der Waals surface area contributed by atoms with Gasteiger partial charge in [0.2, 0.25) is 0 Å². The fourth-order valence-corrected chi connectivity index (χ4v) is 1.91. The number of nitrogens with zero attached hydrogens (tertiary/aromatic N) is 1. The molecule has 0 aliphatic heterocycles. The molecule has 0 spiro atoms. The number of Topliss-reactive ketones (excluding diaryl/α,β-unsaturated/α-hetero) is 1. The summed E-state index contributed by atoms with van der Waals surface area (Å²) in [7, 11) is 1.54. The first kappa shape index (κ1) is 10.9. The lowest BCUT2D eigenvalue weighted by molar-refractivity contribution is -0.123. The minimum absolute atomic E-state index is 0.0847. The molecule has 0 unspecified atom stereocenters. The Balaban J connectivity index is 2.32. The second-order valence-corrected chi connectivity index (χ2v) is 3.92. The second kappa shape index (κ2) is 4.49. The summed E-state index contributed by atoms with van der Waals surface area (Å²) in [5.41, 5.74) is 2.33. The quantitative estimate of drug-likeness (QED) is 0.786. The van der Waals surface area contributed by atoms with E-state index in [2.05, 4.69) is 13.0 Å². The smallest absolute Gasteiger partial charge is 0.178 e. The molecule has 0 atom stereocenters. The fraction of sp³-hybridized carbons (Fsp3) is 0.308. The van der Waals surface area contributed by atoms with Crippen LogP contribution in [0.1, 0.15) is 5.56 Å². The van der Waals surface area contributed by atoms with Gasteiger partial charge in [-0.05, 0) is 24.6 Å². The summed E-state index contributed by atoms with van der Waals surface area (Å²) in [6.45, 7) is 2.62. The Morgan fingerprint density at radius 2 is 2.19 bits per heavy atom. The summed E-state index contributed by atoms with van der Waals surface area (Å²) in [4.78, 5) is 11.5. The van der Waals surface area contributed by atoms with Crippen molar-refractivity contribution in [3.63, 3.8) is 0 Å². The van der Waals surface area contributed by atoms with Crippen LogP contribution in [-0.2, 0) is 16.1 Å². The van der Waals surface area contributed by atoms with Gasteiger partial charge in [-0.1, -0.05) is 12.1 Å². The average Bonchev–Trinajstić information content (AvgIpc) is 2.64. The number of aromatic nitrogens is 1. The van der Waals surface area contributed by atoms with E-state index in [0.29, 0.717) is 6.54 Å². The van der Waals surface area contributed by atoms with Crippen molar-refractivity contribution in [2.24, 2.45) is 0 Å². The number of rotatable bonds is 4. The molecule has 0 aliphatic carbocycles. The minimum atomic E-state index is 0.0847. The van der Waals surface area contributed by atoms with E-state index in [9.17, 15) is 4.79 Å². The van der Waals surface area contributed by atoms with E-state index in [1.807, 2.05) is 29.0 Å². The van der Waals surface area contributed by atoms with Crippen molar-refractivity contribution >= 4 is 16.7 Å². The number of ketones is 1. The lowest BCUT2D eigenvalue weighted by Crippen LogP contribution is -2.14. The van der Waals surface area contributed by atoms with Crippen LogP contribution in [0.15, 0.2) is 30.5 Å². The van der Waals surface area contributed by atoms with Crippen LogP contribution in [0.4, 0.5) is 0 Å².